The van der Waals surface area contributed by atoms with Crippen molar-refractivity contribution in [2.24, 2.45) is 5.92 Å². The van der Waals surface area contributed by atoms with Crippen LogP contribution in [-0.2, 0) is 11.3 Å². The first-order valence-electron chi connectivity index (χ1n) is 6.28. The largest absolute Gasteiger partial charge is 0.374 e. The second kappa shape index (κ2) is 6.08. The van der Waals surface area contributed by atoms with E-state index in [4.69, 9.17) is 4.74 Å². The molecule has 5 nitrogen and oxygen atoms in total. The normalized spacial score (nSPS) is 22.0. The van der Waals surface area contributed by atoms with Crippen LogP contribution in [0.4, 0.5) is 10.1 Å². The molecular weight excluding hydrogens is 251 g/mol. The molecule has 0 spiro atoms. The van der Waals surface area contributed by atoms with Crippen molar-refractivity contribution in [3.05, 3.63) is 39.7 Å². The number of rotatable bonds is 6. The first kappa shape index (κ1) is 13.9. The van der Waals surface area contributed by atoms with Gasteiger partial charge < -0.3 is 10.1 Å². The minimum Gasteiger partial charge on any atom is -0.374 e. The van der Waals surface area contributed by atoms with Crippen LogP contribution in [0.25, 0.3) is 0 Å². The molecule has 0 radical (unpaired) electrons. The molecule has 0 amide bonds. The van der Waals surface area contributed by atoms with Crippen molar-refractivity contribution in [1.29, 1.82) is 0 Å². The van der Waals surface area contributed by atoms with E-state index in [2.05, 4.69) is 5.32 Å². The Kier molecular flexibility index (Phi) is 4.44. The van der Waals surface area contributed by atoms with Crippen LogP contribution in [0.2, 0.25) is 0 Å². The third kappa shape index (κ3) is 3.71. The van der Waals surface area contributed by atoms with Crippen molar-refractivity contribution >= 4 is 5.69 Å². The zero-order valence-corrected chi connectivity index (χ0v) is 10.8. The summed E-state index contributed by atoms with van der Waals surface area (Å²) in [6, 6.07) is 3.54. The first-order chi connectivity index (χ1) is 9.08. The van der Waals surface area contributed by atoms with Gasteiger partial charge in [0.2, 0.25) is 0 Å². The Morgan fingerprint density at radius 3 is 2.84 bits per heavy atom. The summed E-state index contributed by atoms with van der Waals surface area (Å²) in [4.78, 5) is 10.0. The Bertz CT molecular complexity index is 461. The van der Waals surface area contributed by atoms with E-state index >= 15 is 0 Å². The summed E-state index contributed by atoms with van der Waals surface area (Å²) < 4.78 is 18.8. The van der Waals surface area contributed by atoms with E-state index < -0.39 is 10.7 Å². The van der Waals surface area contributed by atoms with Gasteiger partial charge in [0.05, 0.1) is 23.7 Å². The van der Waals surface area contributed by atoms with E-state index in [1.807, 2.05) is 7.05 Å². The summed E-state index contributed by atoms with van der Waals surface area (Å²) in [5, 5.41) is 13.7. The van der Waals surface area contributed by atoms with Crippen LogP contribution >= 0.6 is 0 Å². The lowest BCUT2D eigenvalue weighted by Crippen LogP contribution is -2.36. The van der Waals surface area contributed by atoms with Crippen LogP contribution in [0.1, 0.15) is 18.4 Å². The molecule has 1 aromatic rings. The zero-order chi connectivity index (χ0) is 13.8. The molecule has 1 aromatic carbocycles. The lowest BCUT2D eigenvalue weighted by atomic mass is 9.82. The highest BCUT2D eigenvalue weighted by Gasteiger charge is 2.29. The van der Waals surface area contributed by atoms with Crippen LogP contribution in [0.15, 0.2) is 18.2 Å². The number of nitrogens with zero attached hydrogens (tertiary/aromatic N) is 1. The van der Waals surface area contributed by atoms with Gasteiger partial charge in [0, 0.05) is 6.07 Å². The average Bonchev–Trinajstić information content (AvgIpc) is 2.31. The lowest BCUT2D eigenvalue weighted by molar-refractivity contribution is -0.385. The molecular formula is C13H17FN2O3. The fraction of sp³-hybridized carbons (Fsp3) is 0.538. The predicted molar refractivity (Wildman–Crippen MR) is 68.3 cm³/mol. The summed E-state index contributed by atoms with van der Waals surface area (Å²) in [5.74, 6) is 0.0336. The minimum atomic E-state index is -0.602. The molecule has 1 aliphatic carbocycles. The quantitative estimate of drug-likeness (QED) is 0.635. The van der Waals surface area contributed by atoms with Gasteiger partial charge in [0.1, 0.15) is 5.82 Å². The molecule has 104 valence electrons. The van der Waals surface area contributed by atoms with Crippen LogP contribution in [-0.4, -0.2) is 24.6 Å². The molecule has 2 rings (SSSR count). The molecule has 0 bridgehead atoms. The van der Waals surface area contributed by atoms with Gasteiger partial charge in [-0.1, -0.05) is 0 Å². The van der Waals surface area contributed by atoms with E-state index in [0.717, 1.165) is 25.5 Å². The van der Waals surface area contributed by atoms with Crippen molar-refractivity contribution in [2.75, 3.05) is 13.6 Å². The van der Waals surface area contributed by atoms with Crippen LogP contribution < -0.4 is 5.32 Å². The second-order valence-corrected chi connectivity index (χ2v) is 4.90. The van der Waals surface area contributed by atoms with Crippen molar-refractivity contribution in [3.8, 4) is 0 Å². The molecule has 0 heterocycles. The molecule has 1 saturated carbocycles. The highest BCUT2D eigenvalue weighted by molar-refractivity contribution is 5.34. The topological polar surface area (TPSA) is 64.4 Å². The predicted octanol–water partition coefficient (Wildman–Crippen LogP) is 2.25. The SMILES string of the molecule is CNCC1CC(OCc2cc(F)cc([N+](=O)[O-])c2)C1. The Balaban J connectivity index is 1.85. The van der Waals surface area contributed by atoms with Crippen LogP contribution in [0.3, 0.4) is 0 Å². The van der Waals surface area contributed by atoms with E-state index in [9.17, 15) is 14.5 Å². The van der Waals surface area contributed by atoms with Crippen LogP contribution in [0, 0.1) is 21.8 Å². The van der Waals surface area contributed by atoms with Gasteiger partial charge in [0.15, 0.2) is 0 Å². The van der Waals surface area contributed by atoms with E-state index in [1.165, 1.54) is 12.1 Å². The molecule has 0 aromatic heterocycles. The van der Waals surface area contributed by atoms with E-state index in [1.54, 1.807) is 0 Å². The minimum absolute atomic E-state index is 0.181. The van der Waals surface area contributed by atoms with Gasteiger partial charge in [-0.3, -0.25) is 10.1 Å². The Labute approximate surface area is 110 Å². The Hall–Kier alpha value is -1.53. The number of benzene rings is 1. The van der Waals surface area contributed by atoms with E-state index in [0.29, 0.717) is 11.5 Å². The molecule has 0 saturated heterocycles. The van der Waals surface area contributed by atoms with Crippen molar-refractivity contribution < 1.29 is 14.1 Å². The fourth-order valence-electron chi connectivity index (χ4n) is 2.30. The highest BCUT2D eigenvalue weighted by atomic mass is 19.1. The van der Waals surface area contributed by atoms with Gasteiger partial charge in [-0.15, -0.1) is 0 Å². The number of hydrogen-bond donors (Lipinski definition) is 1. The molecule has 19 heavy (non-hydrogen) atoms. The standard InChI is InChI=1S/C13H17FN2O3/c1-15-7-9-4-13(5-9)19-8-10-2-11(14)6-12(3-10)16(17)18/h2-3,6,9,13,15H,4-5,7-8H2,1H3. The Morgan fingerprint density at radius 1 is 1.47 bits per heavy atom. The van der Waals surface area contributed by atoms with Gasteiger partial charge in [-0.25, -0.2) is 4.39 Å². The van der Waals surface area contributed by atoms with E-state index in [-0.39, 0.29) is 18.4 Å². The van der Waals surface area contributed by atoms with Crippen molar-refractivity contribution in [1.82, 2.24) is 5.32 Å². The molecule has 1 N–H and O–H groups in total. The smallest absolute Gasteiger partial charge is 0.272 e. The monoisotopic (exact) mass is 268 g/mol. The van der Waals surface area contributed by atoms with Gasteiger partial charge in [-0.05, 0) is 44.0 Å². The summed E-state index contributed by atoms with van der Waals surface area (Å²) in [5.41, 5.74) is 0.268. The maximum Gasteiger partial charge on any atom is 0.272 e. The summed E-state index contributed by atoms with van der Waals surface area (Å²) in [6.07, 6.45) is 2.15. The third-order valence-electron chi connectivity index (χ3n) is 3.32. The van der Waals surface area contributed by atoms with Crippen LogP contribution in [0.5, 0.6) is 0 Å². The molecule has 6 heteroatoms. The Morgan fingerprint density at radius 2 is 2.21 bits per heavy atom. The first-order valence-corrected chi connectivity index (χ1v) is 6.28. The number of nitro groups is 1. The fourth-order valence-corrected chi connectivity index (χ4v) is 2.30. The second-order valence-electron chi connectivity index (χ2n) is 4.90. The third-order valence-corrected chi connectivity index (χ3v) is 3.32. The number of hydrogen-bond acceptors (Lipinski definition) is 4. The molecule has 1 aliphatic rings. The maximum atomic E-state index is 13.2. The summed E-state index contributed by atoms with van der Waals surface area (Å²) >= 11 is 0. The van der Waals surface area contributed by atoms with Gasteiger partial charge >= 0.3 is 0 Å². The molecule has 0 aliphatic heterocycles. The number of nitrogens with one attached hydrogen (secondary N) is 1. The number of non-ortho nitro benzene ring substituents is 1. The number of ether oxygens (including phenoxy) is 1. The molecule has 0 unspecified atom stereocenters. The summed E-state index contributed by atoms with van der Waals surface area (Å²) in [7, 11) is 1.92. The highest BCUT2D eigenvalue weighted by Crippen LogP contribution is 2.30. The van der Waals surface area contributed by atoms with Gasteiger partial charge in [-0.2, -0.15) is 0 Å². The number of halogens is 1. The molecule has 1 fully saturated rings. The maximum absolute atomic E-state index is 13.2. The van der Waals surface area contributed by atoms with Crippen molar-refractivity contribution in [3.63, 3.8) is 0 Å². The van der Waals surface area contributed by atoms with Crippen molar-refractivity contribution in [2.45, 2.75) is 25.6 Å². The molecule has 0 atom stereocenters. The summed E-state index contributed by atoms with van der Waals surface area (Å²) in [6.45, 7) is 1.20. The average molecular weight is 268 g/mol. The van der Waals surface area contributed by atoms with Gasteiger partial charge in [0.25, 0.3) is 5.69 Å². The lowest BCUT2D eigenvalue weighted by Gasteiger charge is -2.35. The number of nitro benzene ring substituents is 1. The zero-order valence-electron chi connectivity index (χ0n) is 10.8.